The largest absolute Gasteiger partial charge is 0.501 e. The van der Waals surface area contributed by atoms with Crippen molar-refractivity contribution >= 4 is 45.9 Å². The predicted molar refractivity (Wildman–Crippen MR) is 224 cm³/mol. The third-order valence-corrected chi connectivity index (χ3v) is 10.6. The molecule has 3 aromatic rings. The number of nitrogens with zero attached hydrogens (tertiary/aromatic N) is 2. The number of carbonyl (C=O) groups is 5. The van der Waals surface area contributed by atoms with Crippen LogP contribution in [0.2, 0.25) is 0 Å². The molecule has 1 aliphatic heterocycles. The third kappa shape index (κ3) is 13.4. The standard InChI is InChI=1S/C44H57N2O15S/c1-11-16-33-17-12-13-18-35(33)45(8)43(51)39(27(2)3)46(9,10)25-32-21-23-34(24-22-32)60-62(52,53)61-37-20-15-14-19-36(37)58-44-42(57-31(7)50)41(56-30(6)49)40(55-29(5)48)38(59-44)26-54-28(4)47/h12-15,17-24,27,38-42,44H,11,16,25-26H2,1-10H3/q+1/t38-,39+,40+,41+,42-,44?/m1/s1. The molecule has 4 rings (SSSR count). The van der Waals surface area contributed by atoms with E-state index in [1.54, 1.807) is 17.0 Å². The topological polar surface area (TPSA) is 197 Å². The molecule has 1 saturated heterocycles. The van der Waals surface area contributed by atoms with E-state index in [9.17, 15) is 32.4 Å². The van der Waals surface area contributed by atoms with Gasteiger partial charge in [-0.05, 0) is 54.4 Å². The summed E-state index contributed by atoms with van der Waals surface area (Å²) in [5.41, 5.74) is 2.80. The fraction of sp³-hybridized carbons (Fsp3) is 0.477. The summed E-state index contributed by atoms with van der Waals surface area (Å²) in [5.74, 6) is -3.94. The summed E-state index contributed by atoms with van der Waals surface area (Å²) in [4.78, 5) is 64.2. The number of quaternary nitrogens is 1. The van der Waals surface area contributed by atoms with Gasteiger partial charge in [-0.2, -0.15) is 0 Å². The van der Waals surface area contributed by atoms with Crippen LogP contribution in [0.15, 0.2) is 72.8 Å². The van der Waals surface area contributed by atoms with Crippen molar-refractivity contribution in [1.29, 1.82) is 0 Å². The molecule has 0 saturated carbocycles. The van der Waals surface area contributed by atoms with Crippen molar-refractivity contribution in [2.45, 2.75) is 105 Å². The molecule has 0 N–H and O–H groups in total. The zero-order valence-corrected chi connectivity index (χ0v) is 37.5. The van der Waals surface area contributed by atoms with Gasteiger partial charge in [-0.15, -0.1) is 8.42 Å². The lowest BCUT2D eigenvalue weighted by molar-refractivity contribution is -0.922. The Balaban J connectivity index is 1.53. The van der Waals surface area contributed by atoms with Crippen LogP contribution in [0.1, 0.15) is 66.0 Å². The molecule has 6 atom stereocenters. The van der Waals surface area contributed by atoms with Crippen LogP contribution in [0.25, 0.3) is 0 Å². The van der Waals surface area contributed by atoms with Gasteiger partial charge in [-0.3, -0.25) is 24.0 Å². The molecular formula is C44H57N2O15S+. The SMILES string of the molecule is CCCc1ccccc1N(C)C(=O)[C@H](C(C)C)[N+](C)(C)Cc1ccc(OS(=O)(=O)Oc2ccccc2OC2O[C@H](COC(C)=O)[C@H](OC(C)=O)[C@H](OC(C)=O)[C@H]2OC(C)=O)cc1. The molecule has 1 fully saturated rings. The average molecular weight is 886 g/mol. The summed E-state index contributed by atoms with van der Waals surface area (Å²) in [6.45, 7) is 10.4. The third-order valence-electron chi connectivity index (χ3n) is 9.78. The fourth-order valence-electron chi connectivity index (χ4n) is 7.52. The number of aryl methyl sites for hydroxylation is 1. The highest BCUT2D eigenvalue weighted by atomic mass is 32.3. The number of hydrogen-bond acceptors (Lipinski definition) is 15. The number of benzene rings is 3. The molecule has 0 aliphatic carbocycles. The summed E-state index contributed by atoms with van der Waals surface area (Å²) in [5, 5.41) is 0. The number of anilines is 1. The Morgan fingerprint density at radius 2 is 1.31 bits per heavy atom. The van der Waals surface area contributed by atoms with Crippen LogP contribution < -0.4 is 18.0 Å². The first-order valence-corrected chi connectivity index (χ1v) is 21.4. The molecular weight excluding hydrogens is 829 g/mol. The first-order valence-electron chi connectivity index (χ1n) is 20.1. The number of rotatable bonds is 19. The smallest absolute Gasteiger partial charge is 0.463 e. The van der Waals surface area contributed by atoms with Crippen LogP contribution in [0.3, 0.4) is 0 Å². The van der Waals surface area contributed by atoms with Gasteiger partial charge >= 0.3 is 34.3 Å². The predicted octanol–water partition coefficient (Wildman–Crippen LogP) is 5.07. The first-order chi connectivity index (χ1) is 29.1. The second kappa shape index (κ2) is 21.4. The van der Waals surface area contributed by atoms with Crippen molar-refractivity contribution in [3.63, 3.8) is 0 Å². The minimum absolute atomic E-state index is 0.0117. The van der Waals surface area contributed by atoms with Gasteiger partial charge in [0.05, 0.1) is 14.1 Å². The van der Waals surface area contributed by atoms with Gasteiger partial charge in [-0.1, -0.05) is 57.5 Å². The Morgan fingerprint density at radius 1 is 0.742 bits per heavy atom. The summed E-state index contributed by atoms with van der Waals surface area (Å²) < 4.78 is 71.0. The lowest BCUT2D eigenvalue weighted by Crippen LogP contribution is -2.63. The maximum atomic E-state index is 14.1. The molecule has 1 aliphatic rings. The molecule has 17 nitrogen and oxygen atoms in total. The minimum atomic E-state index is -4.83. The molecule has 3 aromatic carbocycles. The number of hydrogen-bond donors (Lipinski definition) is 0. The first kappa shape index (κ1) is 48.9. The van der Waals surface area contributed by atoms with E-state index < -0.39 is 77.6 Å². The highest BCUT2D eigenvalue weighted by Crippen LogP contribution is 2.35. The zero-order chi connectivity index (χ0) is 45.9. The van der Waals surface area contributed by atoms with Gasteiger partial charge in [-0.25, -0.2) is 0 Å². The van der Waals surface area contributed by atoms with Crippen molar-refractivity contribution in [2.24, 2.45) is 5.92 Å². The van der Waals surface area contributed by atoms with Crippen LogP contribution in [0.4, 0.5) is 5.69 Å². The Morgan fingerprint density at radius 3 is 1.89 bits per heavy atom. The van der Waals surface area contributed by atoms with Crippen molar-refractivity contribution in [3.8, 4) is 17.2 Å². The Hall–Kier alpha value is -5.72. The Kier molecular flexibility index (Phi) is 16.9. The fourth-order valence-corrected chi connectivity index (χ4v) is 8.25. The second-order valence-electron chi connectivity index (χ2n) is 15.8. The lowest BCUT2D eigenvalue weighted by Gasteiger charge is -2.43. The van der Waals surface area contributed by atoms with Crippen LogP contribution in [0, 0.1) is 5.92 Å². The number of para-hydroxylation sites is 3. The monoisotopic (exact) mass is 885 g/mol. The van der Waals surface area contributed by atoms with Crippen LogP contribution in [-0.4, -0.2) is 107 Å². The van der Waals surface area contributed by atoms with E-state index in [-0.39, 0.29) is 29.1 Å². The minimum Gasteiger partial charge on any atom is -0.463 e. The van der Waals surface area contributed by atoms with Crippen molar-refractivity contribution in [3.05, 3.63) is 83.9 Å². The molecule has 0 aromatic heterocycles. The van der Waals surface area contributed by atoms with E-state index in [1.807, 2.05) is 59.3 Å². The van der Waals surface area contributed by atoms with Gasteiger partial charge in [0.2, 0.25) is 12.4 Å². The lowest BCUT2D eigenvalue weighted by atomic mass is 9.97. The molecule has 18 heteroatoms. The maximum absolute atomic E-state index is 14.1. The van der Waals surface area contributed by atoms with Gasteiger partial charge in [0.25, 0.3) is 5.91 Å². The van der Waals surface area contributed by atoms with Gasteiger partial charge in [0.1, 0.15) is 25.0 Å². The van der Waals surface area contributed by atoms with Crippen molar-refractivity contribution in [1.82, 2.24) is 0 Å². The van der Waals surface area contributed by atoms with Crippen LogP contribution in [-0.2, 0) is 71.0 Å². The molecule has 338 valence electrons. The summed E-state index contributed by atoms with van der Waals surface area (Å²) in [6, 6.07) is 19.4. The number of amides is 1. The normalized spacial score (nSPS) is 19.4. The molecule has 1 unspecified atom stereocenters. The molecule has 1 amide bonds. The van der Waals surface area contributed by atoms with Gasteiger partial charge in [0, 0.05) is 51.9 Å². The zero-order valence-electron chi connectivity index (χ0n) is 36.7. The number of esters is 4. The summed E-state index contributed by atoms with van der Waals surface area (Å²) in [6.07, 6.45) is -5.74. The Bertz CT molecular complexity index is 2160. The summed E-state index contributed by atoms with van der Waals surface area (Å²) in [7, 11) is 0.942. The molecule has 1 heterocycles. The maximum Gasteiger partial charge on any atom is 0.501 e. The molecule has 0 spiro atoms. The second-order valence-corrected chi connectivity index (χ2v) is 16.9. The molecule has 62 heavy (non-hydrogen) atoms. The average Bonchev–Trinajstić information content (AvgIpc) is 3.16. The van der Waals surface area contributed by atoms with E-state index in [1.165, 1.54) is 36.4 Å². The highest BCUT2D eigenvalue weighted by molar-refractivity contribution is 7.82. The van der Waals surface area contributed by atoms with Gasteiger partial charge < -0.3 is 46.2 Å². The van der Waals surface area contributed by atoms with E-state index in [0.29, 0.717) is 11.0 Å². The van der Waals surface area contributed by atoms with E-state index in [2.05, 4.69) is 6.92 Å². The van der Waals surface area contributed by atoms with E-state index >= 15 is 0 Å². The molecule has 0 bridgehead atoms. The van der Waals surface area contributed by atoms with Gasteiger partial charge in [0.15, 0.2) is 29.7 Å². The number of carbonyl (C=O) groups excluding carboxylic acids is 5. The van der Waals surface area contributed by atoms with E-state index in [4.69, 9.17) is 36.8 Å². The van der Waals surface area contributed by atoms with Crippen LogP contribution in [0.5, 0.6) is 17.2 Å². The number of likely N-dealkylation sites (N-methyl/N-ethyl adjacent to an activating group) is 2. The van der Waals surface area contributed by atoms with Crippen molar-refractivity contribution in [2.75, 3.05) is 32.6 Å². The van der Waals surface area contributed by atoms with E-state index in [0.717, 1.165) is 57.4 Å². The van der Waals surface area contributed by atoms with Crippen LogP contribution >= 0.6 is 0 Å². The summed E-state index contributed by atoms with van der Waals surface area (Å²) >= 11 is 0. The number of ether oxygens (including phenoxy) is 6. The molecule has 0 radical (unpaired) electrons. The quantitative estimate of drug-likeness (QED) is 0.0879. The Labute approximate surface area is 363 Å². The highest BCUT2D eigenvalue weighted by Gasteiger charge is 2.53. The van der Waals surface area contributed by atoms with Crippen molar-refractivity contribution < 1.29 is 73.7 Å².